The molecule has 3 atom stereocenters. The summed E-state index contributed by atoms with van der Waals surface area (Å²) in [6.45, 7) is 0.0893. The SMILES string of the molecule is [B]c1ccc(C[C@@H]2CCc3cc([C@H]4CC[C@](N)(CO)C4)ccc3C2)cc1OC. The molecule has 3 N–H and O–H groups in total. The van der Waals surface area contributed by atoms with Gasteiger partial charge in [0.15, 0.2) is 0 Å². The Morgan fingerprint density at radius 1 is 1.18 bits per heavy atom. The van der Waals surface area contributed by atoms with Gasteiger partial charge in [0.25, 0.3) is 0 Å². The van der Waals surface area contributed by atoms with E-state index in [9.17, 15) is 5.11 Å². The molecule has 1 saturated carbocycles. The van der Waals surface area contributed by atoms with Gasteiger partial charge in [0.1, 0.15) is 13.6 Å². The Morgan fingerprint density at radius 2 is 2.04 bits per heavy atom. The van der Waals surface area contributed by atoms with Gasteiger partial charge in [-0.25, -0.2) is 0 Å². The van der Waals surface area contributed by atoms with E-state index in [1.807, 2.05) is 6.07 Å². The number of aliphatic hydroxyl groups is 1. The topological polar surface area (TPSA) is 55.5 Å². The first-order chi connectivity index (χ1) is 13.5. The highest BCUT2D eigenvalue weighted by molar-refractivity contribution is 6.34. The predicted molar refractivity (Wildman–Crippen MR) is 115 cm³/mol. The maximum Gasteiger partial charge on any atom is 0.119 e. The second-order valence-corrected chi connectivity index (χ2v) is 8.88. The lowest BCUT2D eigenvalue weighted by atomic mass is 9.79. The second kappa shape index (κ2) is 7.92. The minimum absolute atomic E-state index is 0.0893. The fourth-order valence-corrected chi connectivity index (χ4v) is 5.08. The summed E-state index contributed by atoms with van der Waals surface area (Å²) in [6, 6.07) is 13.2. The molecule has 4 heteroatoms. The van der Waals surface area contributed by atoms with Crippen molar-refractivity contribution in [1.82, 2.24) is 0 Å². The molecule has 0 unspecified atom stereocenters. The Labute approximate surface area is 169 Å². The molecule has 0 aromatic heterocycles. The van der Waals surface area contributed by atoms with E-state index >= 15 is 0 Å². The van der Waals surface area contributed by atoms with E-state index in [0.717, 1.165) is 44.3 Å². The summed E-state index contributed by atoms with van der Waals surface area (Å²) in [7, 11) is 7.61. The fourth-order valence-electron chi connectivity index (χ4n) is 5.08. The normalized spacial score (nSPS) is 26.8. The number of aliphatic hydroxyl groups excluding tert-OH is 1. The van der Waals surface area contributed by atoms with Crippen molar-refractivity contribution in [3.63, 3.8) is 0 Å². The molecule has 2 radical (unpaired) electrons. The van der Waals surface area contributed by atoms with Crippen LogP contribution in [0.4, 0.5) is 0 Å². The maximum absolute atomic E-state index is 9.54. The summed E-state index contributed by atoms with van der Waals surface area (Å²) in [4.78, 5) is 0. The van der Waals surface area contributed by atoms with Crippen LogP contribution in [0.15, 0.2) is 36.4 Å². The Balaban J connectivity index is 1.44. The Kier molecular flexibility index (Phi) is 5.53. The quantitative estimate of drug-likeness (QED) is 0.791. The number of benzene rings is 2. The van der Waals surface area contributed by atoms with Gasteiger partial charge < -0.3 is 15.6 Å². The third-order valence-corrected chi connectivity index (χ3v) is 6.81. The van der Waals surface area contributed by atoms with Crippen LogP contribution in [0.25, 0.3) is 0 Å². The largest absolute Gasteiger partial charge is 0.497 e. The van der Waals surface area contributed by atoms with Gasteiger partial charge in [-0.1, -0.05) is 35.8 Å². The lowest BCUT2D eigenvalue weighted by Gasteiger charge is -2.26. The van der Waals surface area contributed by atoms with Crippen molar-refractivity contribution >= 4 is 13.3 Å². The molecule has 146 valence electrons. The van der Waals surface area contributed by atoms with Gasteiger partial charge in [-0.05, 0) is 85.1 Å². The van der Waals surface area contributed by atoms with Crippen molar-refractivity contribution in [2.75, 3.05) is 13.7 Å². The Bertz CT molecular complexity index is 852. The molecule has 0 amide bonds. The fraction of sp³-hybridized carbons (Fsp3) is 0.500. The van der Waals surface area contributed by atoms with E-state index in [2.05, 4.69) is 30.3 Å². The van der Waals surface area contributed by atoms with E-state index in [1.165, 1.54) is 28.7 Å². The molecule has 2 aromatic rings. The number of rotatable bonds is 5. The smallest absolute Gasteiger partial charge is 0.119 e. The van der Waals surface area contributed by atoms with Crippen molar-refractivity contribution < 1.29 is 9.84 Å². The number of methoxy groups -OCH3 is 1. The van der Waals surface area contributed by atoms with E-state index in [4.69, 9.17) is 18.3 Å². The number of hydrogen-bond acceptors (Lipinski definition) is 3. The molecular formula is C24H30BNO2. The van der Waals surface area contributed by atoms with Crippen molar-refractivity contribution in [3.05, 3.63) is 58.7 Å². The molecule has 0 bridgehead atoms. The highest BCUT2D eigenvalue weighted by Gasteiger charge is 2.36. The second-order valence-electron chi connectivity index (χ2n) is 8.88. The molecule has 0 spiro atoms. The van der Waals surface area contributed by atoms with Crippen molar-refractivity contribution in [3.8, 4) is 5.75 Å². The lowest BCUT2D eigenvalue weighted by Crippen LogP contribution is -2.40. The number of hydrogen-bond donors (Lipinski definition) is 2. The minimum Gasteiger partial charge on any atom is -0.497 e. The standard InChI is InChI=1S/C24H30BNO2/c1-28-23-12-17(3-7-22(23)25)10-16-2-4-19-13-20(6-5-18(19)11-16)21-8-9-24(26,14-21)15-27/h3,5-7,12-13,16,21,27H,2,4,8-11,14-15,26H2,1H3/t16-,21-,24+/m0/s1. The predicted octanol–water partition coefficient (Wildman–Crippen LogP) is 2.79. The zero-order valence-corrected chi connectivity index (χ0v) is 16.8. The van der Waals surface area contributed by atoms with Gasteiger partial charge >= 0.3 is 0 Å². The first-order valence-electron chi connectivity index (χ1n) is 10.4. The average Bonchev–Trinajstić information content (AvgIpc) is 3.12. The third kappa shape index (κ3) is 3.99. The third-order valence-electron chi connectivity index (χ3n) is 6.81. The van der Waals surface area contributed by atoms with E-state index in [0.29, 0.717) is 17.3 Å². The summed E-state index contributed by atoms with van der Waals surface area (Å²) in [6.07, 6.45) is 7.43. The van der Waals surface area contributed by atoms with Gasteiger partial charge in [0.05, 0.1) is 13.7 Å². The Morgan fingerprint density at radius 3 is 2.79 bits per heavy atom. The molecule has 0 aliphatic heterocycles. The van der Waals surface area contributed by atoms with Crippen LogP contribution in [0.1, 0.15) is 53.9 Å². The molecular weight excluding hydrogens is 345 g/mol. The first-order valence-corrected chi connectivity index (χ1v) is 10.4. The molecule has 0 saturated heterocycles. The minimum atomic E-state index is -0.383. The lowest BCUT2D eigenvalue weighted by molar-refractivity contribution is 0.198. The highest BCUT2D eigenvalue weighted by atomic mass is 16.5. The van der Waals surface area contributed by atoms with Crippen molar-refractivity contribution in [1.29, 1.82) is 0 Å². The molecule has 3 nitrogen and oxygen atoms in total. The number of ether oxygens (including phenoxy) is 1. The number of fused-ring (bicyclic) bond motifs is 1. The monoisotopic (exact) mass is 375 g/mol. The molecule has 1 fully saturated rings. The molecule has 2 aliphatic rings. The van der Waals surface area contributed by atoms with Crippen molar-refractivity contribution in [2.45, 2.75) is 56.4 Å². The summed E-state index contributed by atoms with van der Waals surface area (Å²) >= 11 is 0. The molecule has 4 rings (SSSR count). The van der Waals surface area contributed by atoms with Gasteiger partial charge in [0.2, 0.25) is 0 Å². The van der Waals surface area contributed by atoms with E-state index < -0.39 is 0 Å². The van der Waals surface area contributed by atoms with Crippen LogP contribution < -0.4 is 15.9 Å². The summed E-state index contributed by atoms with van der Waals surface area (Å²) in [5.41, 5.74) is 12.3. The zero-order valence-electron chi connectivity index (χ0n) is 16.8. The van der Waals surface area contributed by atoms with Crippen LogP contribution in [-0.2, 0) is 19.3 Å². The number of aryl methyl sites for hydroxylation is 1. The molecule has 28 heavy (non-hydrogen) atoms. The van der Waals surface area contributed by atoms with E-state index in [-0.39, 0.29) is 12.1 Å². The van der Waals surface area contributed by atoms with E-state index in [1.54, 1.807) is 7.11 Å². The van der Waals surface area contributed by atoms with Crippen LogP contribution >= 0.6 is 0 Å². The van der Waals surface area contributed by atoms with Gasteiger partial charge in [0, 0.05) is 5.54 Å². The molecule has 2 aromatic carbocycles. The average molecular weight is 375 g/mol. The van der Waals surface area contributed by atoms with Gasteiger partial charge in [-0.15, -0.1) is 0 Å². The van der Waals surface area contributed by atoms with Crippen LogP contribution in [0, 0.1) is 5.92 Å². The number of nitrogens with two attached hydrogens (primary N) is 1. The Hall–Kier alpha value is -1.78. The van der Waals surface area contributed by atoms with Crippen molar-refractivity contribution in [2.24, 2.45) is 11.7 Å². The van der Waals surface area contributed by atoms with Crippen LogP contribution in [0.5, 0.6) is 5.75 Å². The highest BCUT2D eigenvalue weighted by Crippen LogP contribution is 2.40. The first kappa shape index (κ1) is 19.5. The zero-order chi connectivity index (χ0) is 19.7. The van der Waals surface area contributed by atoms with Gasteiger partial charge in [-0.3, -0.25) is 0 Å². The summed E-state index contributed by atoms with van der Waals surface area (Å²) in [5.74, 6) is 1.92. The molecule has 0 heterocycles. The van der Waals surface area contributed by atoms with Crippen LogP contribution in [0.3, 0.4) is 0 Å². The maximum atomic E-state index is 9.54. The summed E-state index contributed by atoms with van der Waals surface area (Å²) < 4.78 is 5.37. The summed E-state index contributed by atoms with van der Waals surface area (Å²) in [5, 5.41) is 9.54. The van der Waals surface area contributed by atoms with Crippen LogP contribution in [-0.4, -0.2) is 32.2 Å². The van der Waals surface area contributed by atoms with Crippen LogP contribution in [0.2, 0.25) is 0 Å². The molecule has 2 aliphatic carbocycles. The van der Waals surface area contributed by atoms with Gasteiger partial charge in [-0.2, -0.15) is 0 Å².